The summed E-state index contributed by atoms with van der Waals surface area (Å²) < 4.78 is -1.49. The molecule has 50 heteroatoms. The molecule has 1 aliphatic rings. The van der Waals surface area contributed by atoms with Gasteiger partial charge in [0.2, 0.25) is 94.5 Å². The molecule has 0 bridgehead atoms. The molecule has 20 atom stereocenters. The molecule has 1 heterocycles. The van der Waals surface area contributed by atoms with Crippen molar-refractivity contribution in [3.63, 3.8) is 0 Å². The third-order valence-electron chi connectivity index (χ3n) is 21.9. The highest BCUT2D eigenvalue weighted by atomic mass is 32.1. The Morgan fingerprint density at radius 2 is 0.852 bits per heavy atom. The van der Waals surface area contributed by atoms with Gasteiger partial charge in [-0.3, -0.25) is 81.7 Å². The van der Waals surface area contributed by atoms with Crippen LogP contribution in [0.5, 0.6) is 11.5 Å². The number of carboxylic acid groups (broad SMARTS) is 1. The first-order valence-corrected chi connectivity index (χ1v) is 45.8. The highest BCUT2D eigenvalue weighted by Crippen LogP contribution is 2.25. The van der Waals surface area contributed by atoms with Crippen molar-refractivity contribution in [1.82, 2.24) is 84.7 Å². The van der Waals surface area contributed by atoms with Gasteiger partial charge in [-0.15, -0.1) is 0 Å². The predicted molar refractivity (Wildman–Crippen MR) is 502 cm³/mol. The number of benzene rings is 2. The number of primary amides is 1. The number of phenols is 2. The number of hydrogen-bond donors (Lipinski definition) is 31. The molecule has 135 heavy (non-hydrogen) atoms. The molecule has 0 spiro atoms. The number of carbonyl (C=O) groups is 17. The quantitative estimate of drug-likeness (QED) is 0.0127. The normalized spacial score (nSPS) is 17.1. The summed E-state index contributed by atoms with van der Waals surface area (Å²) in [5.41, 5.74) is 47.3. The standard InChI is InChI=1S/C85H143N25O23S2/c1-11-43(6)64(106-77(126)61-37-50(115)39-110(61)82(131)63(91)41(2)3)78(127)109-67(85(9,10)135)81(130)103-57(35-46-17-21-48(113)22-18-46)75(124)108-66(45(8)112)80(129)102-58(38-62(90)116)74(123)97-52(16-14-33-95-84(92)93)69(118)100-56(28-34-94-42(4)5)73(122)107-65(44(7)111)79(128)101-55(27-32-89)71(120)96-51(15-12-13-29-86)68(117)98-53(25-30-87)70(119)99-54(26-31-88)72(121)105-60(40-134)76(125)104-59(83(132)133)36-47-19-23-49(114)24-20-47/h17-24,41-45,50-61,63-67,94,111-115,134-135H,11-16,25-40,86-89,91H2,1-10H3,(H2,90,116)(H,96,120)(H,97,123)(H,98,117)(H,99,119)(H,100,118)(H,101,128)(H,102,129)(H,103,130)(H,104,125)(H,105,121)(H,106,126)(H,107,122)(H,108,124)(H,109,127)(H,132,133)(H4,92,93,95)/t43-,44+,45+,50+,51-,52-,53-,54-,55+,56-,57-,58-,59-,60-,61-,63-,64-,65-,66-,67+/m0/s1. The second-order valence-corrected chi connectivity index (χ2v) is 36.0. The van der Waals surface area contributed by atoms with Gasteiger partial charge in [-0.1, -0.05) is 72.2 Å². The minimum atomic E-state index is -2.07. The number of aliphatic hydroxyl groups is 3. The Morgan fingerprint density at radius 1 is 0.474 bits per heavy atom. The van der Waals surface area contributed by atoms with E-state index < -0.39 is 239 Å². The molecule has 1 aliphatic heterocycles. The monoisotopic (exact) mass is 1950 g/mol. The lowest BCUT2D eigenvalue weighted by Crippen LogP contribution is -2.64. The number of hydrogen-bond acceptors (Lipinski definition) is 31. The molecule has 0 aliphatic carbocycles. The van der Waals surface area contributed by atoms with Crippen molar-refractivity contribution in [2.75, 3.05) is 51.6 Å². The second kappa shape index (κ2) is 58.8. The van der Waals surface area contributed by atoms with Crippen molar-refractivity contribution in [3.05, 3.63) is 59.7 Å². The van der Waals surface area contributed by atoms with Crippen LogP contribution in [0.2, 0.25) is 0 Å². The highest BCUT2D eigenvalue weighted by Gasteiger charge is 2.46. The Bertz CT molecular complexity index is 4300. The van der Waals surface area contributed by atoms with Crippen molar-refractivity contribution >= 4 is 132 Å². The van der Waals surface area contributed by atoms with Gasteiger partial charge in [0, 0.05) is 48.9 Å². The molecule has 37 N–H and O–H groups in total. The van der Waals surface area contributed by atoms with Crippen LogP contribution in [0.1, 0.15) is 157 Å². The van der Waals surface area contributed by atoms with Crippen molar-refractivity contribution in [3.8, 4) is 11.5 Å². The molecule has 3 rings (SSSR count). The second-order valence-electron chi connectivity index (χ2n) is 34.5. The van der Waals surface area contributed by atoms with Crippen molar-refractivity contribution in [2.45, 2.75) is 285 Å². The average molecular weight is 1950 g/mol. The van der Waals surface area contributed by atoms with Crippen LogP contribution in [-0.4, -0.2) is 319 Å². The molecule has 2 aromatic carbocycles. The zero-order chi connectivity index (χ0) is 102. The lowest BCUT2D eigenvalue weighted by atomic mass is 9.95. The number of likely N-dealkylation sites (tertiary alicyclic amines) is 1. The maximum atomic E-state index is 14.8. The number of nitrogens with zero attached hydrogens (tertiary/aromatic N) is 2. The Labute approximate surface area is 795 Å². The van der Waals surface area contributed by atoms with Crippen LogP contribution in [0.3, 0.4) is 0 Å². The number of β-amino-alcohol motifs (C(OH)–C–C–N with tert-alkyl or cyclic N) is 1. The SMILES string of the molecule is CC[C@H](C)[C@H](NC(=O)[C@@H]1C[C@@H](O)CN1C(=O)[C@@H](N)C(C)C)C(=O)N[C@H](C(=O)N[C@@H](Cc1ccc(O)cc1)C(=O)N[C@H](C(=O)N[C@@H](CC(N)=O)C(=O)N[C@@H](CCCN=C(N)N)C(=O)N[C@@H](CCNC(C)C)C(=O)N[C@H](C(=O)N[C@H](CCN)C(=O)N[C@@H](CCCCN)C(=O)N[C@@H](CCN)C(=O)N[C@@H](CCN)C(=O)N[C@@H](CS)C(=O)N[C@@H](Cc1ccc(O)cc1)C(=O)O)[C@@H](C)O)[C@@H](C)O)C(C)(C)S. The Balaban J connectivity index is 1.97. The van der Waals surface area contributed by atoms with Crippen molar-refractivity contribution in [2.24, 2.45) is 62.7 Å². The van der Waals surface area contributed by atoms with E-state index in [4.69, 9.17) is 45.9 Å². The lowest BCUT2D eigenvalue weighted by Gasteiger charge is -2.34. The number of phenolic OH excluding ortho intramolecular Hbond substituents is 2. The summed E-state index contributed by atoms with van der Waals surface area (Å²) in [4.78, 5) is 245. The molecular weight excluding hydrogens is 1800 g/mol. The fourth-order valence-corrected chi connectivity index (χ4v) is 14.3. The Morgan fingerprint density at radius 3 is 1.25 bits per heavy atom. The van der Waals surface area contributed by atoms with Gasteiger partial charge in [0.25, 0.3) is 0 Å². The fourth-order valence-electron chi connectivity index (χ4n) is 13.9. The fraction of sp³-hybridized carbons (Fsp3) is 0.647. The number of nitrogens with two attached hydrogens (primary N) is 8. The summed E-state index contributed by atoms with van der Waals surface area (Å²) >= 11 is 8.82. The van der Waals surface area contributed by atoms with E-state index in [0.717, 1.165) is 18.7 Å². The smallest absolute Gasteiger partial charge is 0.326 e. The molecule has 16 amide bonds. The largest absolute Gasteiger partial charge is 0.508 e. The number of nitrogens with one attached hydrogen (secondary N) is 15. The van der Waals surface area contributed by atoms with E-state index in [1.807, 2.05) is 0 Å². The number of amides is 16. The third kappa shape index (κ3) is 40.6. The zero-order valence-electron chi connectivity index (χ0n) is 77.9. The van der Waals surface area contributed by atoms with E-state index in [0.29, 0.717) is 24.0 Å². The highest BCUT2D eigenvalue weighted by molar-refractivity contribution is 7.81. The van der Waals surface area contributed by atoms with E-state index in [-0.39, 0.29) is 145 Å². The van der Waals surface area contributed by atoms with Crippen LogP contribution in [-0.2, 0) is 94.3 Å². The van der Waals surface area contributed by atoms with Gasteiger partial charge in [-0.05, 0) is 165 Å². The van der Waals surface area contributed by atoms with Gasteiger partial charge in [-0.2, -0.15) is 25.3 Å². The van der Waals surface area contributed by atoms with Gasteiger partial charge in [0.05, 0.1) is 30.8 Å². The van der Waals surface area contributed by atoms with E-state index in [9.17, 15) is 112 Å². The molecule has 0 radical (unpaired) electrons. The summed E-state index contributed by atoms with van der Waals surface area (Å²) in [6.07, 6.45) is -7.51. The van der Waals surface area contributed by atoms with Crippen LogP contribution in [0, 0.1) is 11.8 Å². The van der Waals surface area contributed by atoms with E-state index in [2.05, 4.69) is 110 Å². The molecule has 1 saturated heterocycles. The molecule has 48 nitrogen and oxygen atoms in total. The zero-order valence-corrected chi connectivity index (χ0v) is 79.7. The summed E-state index contributed by atoms with van der Waals surface area (Å²) in [5.74, 6) is -20.2. The maximum Gasteiger partial charge on any atom is 0.326 e. The van der Waals surface area contributed by atoms with Gasteiger partial charge in [0.1, 0.15) is 102 Å². The predicted octanol–water partition coefficient (Wildman–Crippen LogP) is -9.36. The minimum absolute atomic E-state index is 0.0322. The topological polar surface area (TPSA) is 816 Å². The molecule has 0 aromatic heterocycles. The lowest BCUT2D eigenvalue weighted by molar-refractivity contribution is -0.142. The van der Waals surface area contributed by atoms with Gasteiger partial charge in [-0.25, -0.2) is 4.79 Å². The summed E-state index contributed by atoms with van der Waals surface area (Å²) in [6.45, 7) is 14.3. The minimum Gasteiger partial charge on any atom is -0.508 e. The molecule has 758 valence electrons. The van der Waals surface area contributed by atoms with Crippen LogP contribution >= 0.6 is 25.3 Å². The molecule has 0 saturated carbocycles. The van der Waals surface area contributed by atoms with Crippen LogP contribution in [0.4, 0.5) is 0 Å². The number of rotatable bonds is 61. The summed E-state index contributed by atoms with van der Waals surface area (Å²) in [6, 6.07) is -15.0. The summed E-state index contributed by atoms with van der Waals surface area (Å²) in [5, 5.41) is 101. The average Bonchev–Trinajstić information content (AvgIpc) is 1.70. The Hall–Kier alpha value is -11.4. The number of unbranched alkanes of at least 4 members (excludes halogenated alkanes) is 1. The first-order valence-electron chi connectivity index (χ1n) is 44.7. The first-order chi connectivity index (χ1) is 63.4. The van der Waals surface area contributed by atoms with E-state index in [1.54, 1.807) is 41.5 Å². The molecule has 1 fully saturated rings. The number of aliphatic imine (C=N–C) groups is 1. The number of carbonyl (C=O) groups excluding carboxylic acids is 16. The summed E-state index contributed by atoms with van der Waals surface area (Å²) in [7, 11) is 0. The number of aliphatic carboxylic acids is 1. The number of carboxylic acids is 1. The number of guanidine groups is 1. The first kappa shape index (κ1) is 118. The van der Waals surface area contributed by atoms with Crippen LogP contribution in [0.15, 0.2) is 53.5 Å². The van der Waals surface area contributed by atoms with Gasteiger partial charge >= 0.3 is 5.97 Å². The van der Waals surface area contributed by atoms with Crippen molar-refractivity contribution < 1.29 is 112 Å². The maximum absolute atomic E-state index is 14.8. The van der Waals surface area contributed by atoms with Crippen molar-refractivity contribution in [1.29, 1.82) is 0 Å². The van der Waals surface area contributed by atoms with E-state index >= 15 is 0 Å². The Kier molecular flexibility index (Phi) is 51.3. The van der Waals surface area contributed by atoms with E-state index in [1.165, 1.54) is 62.4 Å². The molecule has 0 unspecified atom stereocenters. The number of aliphatic hydroxyl groups excluding tert-OH is 3. The number of aromatic hydroxyl groups is 2. The van der Waals surface area contributed by atoms with Gasteiger partial charge < -0.3 is 161 Å². The van der Waals surface area contributed by atoms with Crippen LogP contribution in [0.25, 0.3) is 0 Å². The molecular formula is C85H143N25O23S2. The molecule has 2 aromatic rings. The van der Waals surface area contributed by atoms with Gasteiger partial charge in [0.15, 0.2) is 5.96 Å². The van der Waals surface area contributed by atoms with Crippen LogP contribution < -0.4 is 126 Å². The number of thiol groups is 2. The third-order valence-corrected chi connectivity index (χ3v) is 22.6.